The molecule has 0 rings (SSSR count). The zero-order valence-electron chi connectivity index (χ0n) is 4.55. The fourth-order valence-electron chi connectivity index (χ4n) is 0.181. The molecule has 0 radical (unpaired) electrons. The summed E-state index contributed by atoms with van der Waals surface area (Å²) in [7, 11) is 0. The number of rotatable bonds is 3. The Morgan fingerprint density at radius 1 is 1.88 bits per heavy atom. The van der Waals surface area contributed by atoms with Gasteiger partial charge in [-0.05, 0) is 0 Å². The predicted molar refractivity (Wildman–Crippen MR) is 36.6 cm³/mol. The second kappa shape index (κ2) is 3.43. The van der Waals surface area contributed by atoms with Crippen molar-refractivity contribution in [3.05, 3.63) is 0 Å². The first-order valence-electron chi connectivity index (χ1n) is 2.21. The summed E-state index contributed by atoms with van der Waals surface area (Å²) in [6.07, 6.45) is 0.700. The molecule has 0 heterocycles. The molecule has 0 fully saturated rings. The lowest BCUT2D eigenvalue weighted by Gasteiger charge is -1.94. The van der Waals surface area contributed by atoms with Crippen molar-refractivity contribution in [2.45, 2.75) is 6.92 Å². The third-order valence-electron chi connectivity index (χ3n) is 0.822. The van der Waals surface area contributed by atoms with E-state index in [9.17, 15) is 4.79 Å². The number of carbonyl (C=O) groups excluding carboxylic acids is 1. The fourth-order valence-corrected chi connectivity index (χ4v) is 0.395. The monoisotopic (exact) mass is 129 g/mol. The van der Waals surface area contributed by atoms with Gasteiger partial charge in [0.15, 0.2) is 0 Å². The van der Waals surface area contributed by atoms with Crippen LogP contribution >= 0.6 is 12.2 Å². The smallest absolute Gasteiger partial charge is 0.128 e. The Hall–Kier alpha value is -0.570. The third-order valence-corrected chi connectivity index (χ3v) is 1.08. The normalized spacial score (nSPS) is 12.1. The molecule has 0 aromatic rings. The molecule has 1 unspecified atom stereocenters. The molecule has 8 heavy (non-hydrogen) atoms. The fraction of sp³-hybridized carbons (Fsp3) is 0.400. The van der Waals surface area contributed by atoms with Gasteiger partial charge in [0.1, 0.15) is 6.29 Å². The minimum Gasteiger partial charge on any atom is -0.304 e. The number of hydrogen-bond acceptors (Lipinski definition) is 3. The number of nitrogens with one attached hydrogen (secondary N) is 1. The Kier molecular flexibility index (Phi) is 3.19. The lowest BCUT2D eigenvalue weighted by molar-refractivity contribution is -0.109. The summed E-state index contributed by atoms with van der Waals surface area (Å²) in [5, 5.41) is 8.16. The van der Waals surface area contributed by atoms with E-state index < -0.39 is 0 Å². The summed E-state index contributed by atoms with van der Waals surface area (Å²) in [4.78, 5) is 9.90. The summed E-state index contributed by atoms with van der Waals surface area (Å²) in [5.74, 6) is -0.340. The van der Waals surface area contributed by atoms with Crippen molar-refractivity contribution < 1.29 is 4.79 Å². The van der Waals surface area contributed by atoms with Crippen LogP contribution in [0.15, 0.2) is 0 Å². The highest BCUT2D eigenvalue weighted by atomic mass is 32.1. The average Bonchev–Trinajstić information content (AvgIpc) is 1.84. The third kappa shape index (κ3) is 1.93. The Balaban J connectivity index is 3.80. The molecular formula is C5H7NOS. The van der Waals surface area contributed by atoms with Gasteiger partial charge < -0.3 is 10.2 Å². The Morgan fingerprint density at radius 2 is 2.38 bits per heavy atom. The zero-order valence-corrected chi connectivity index (χ0v) is 5.37. The first-order valence-corrected chi connectivity index (χ1v) is 2.68. The van der Waals surface area contributed by atoms with Gasteiger partial charge in [-0.3, -0.25) is 0 Å². The van der Waals surface area contributed by atoms with Crippen LogP contribution in [0.1, 0.15) is 6.92 Å². The van der Waals surface area contributed by atoms with Crippen molar-refractivity contribution in [3.63, 3.8) is 0 Å². The summed E-state index contributed by atoms with van der Waals surface area (Å²) in [5.41, 5.74) is 0.204. The molecule has 1 N–H and O–H groups in total. The van der Waals surface area contributed by atoms with Gasteiger partial charge in [-0.2, -0.15) is 0 Å². The number of carbonyl (C=O) groups is 1. The van der Waals surface area contributed by atoms with E-state index in [4.69, 9.17) is 5.41 Å². The maximum absolute atomic E-state index is 9.90. The van der Waals surface area contributed by atoms with E-state index in [1.165, 1.54) is 5.37 Å². The van der Waals surface area contributed by atoms with E-state index in [-0.39, 0.29) is 11.6 Å². The van der Waals surface area contributed by atoms with Crippen LogP contribution in [0.25, 0.3) is 0 Å². The van der Waals surface area contributed by atoms with Gasteiger partial charge in [0.25, 0.3) is 0 Å². The Labute approximate surface area is 53.4 Å². The second-order valence-corrected chi connectivity index (χ2v) is 1.73. The Bertz CT molecular complexity index is 122. The first-order chi connectivity index (χ1) is 3.72. The lowest BCUT2D eigenvalue weighted by atomic mass is 10.1. The molecule has 0 aliphatic rings. The number of thiocarbonyl (C=S) groups is 1. The number of hydrogen-bond donors (Lipinski definition) is 1. The lowest BCUT2D eigenvalue weighted by Crippen LogP contribution is -2.10. The van der Waals surface area contributed by atoms with Gasteiger partial charge >= 0.3 is 0 Å². The van der Waals surface area contributed by atoms with Crippen LogP contribution in [-0.4, -0.2) is 17.4 Å². The summed E-state index contributed by atoms with van der Waals surface area (Å²) < 4.78 is 0. The van der Waals surface area contributed by atoms with E-state index in [1.54, 1.807) is 6.92 Å². The van der Waals surface area contributed by atoms with Crippen molar-refractivity contribution in [1.82, 2.24) is 0 Å². The highest BCUT2D eigenvalue weighted by Gasteiger charge is 2.01. The van der Waals surface area contributed by atoms with Gasteiger partial charge in [0, 0.05) is 5.37 Å². The van der Waals surface area contributed by atoms with Crippen molar-refractivity contribution in [2.75, 3.05) is 0 Å². The predicted octanol–water partition coefficient (Wildman–Crippen LogP) is 0.841. The topological polar surface area (TPSA) is 40.9 Å². The molecule has 0 spiro atoms. The van der Waals surface area contributed by atoms with Gasteiger partial charge in [-0.25, -0.2) is 0 Å². The molecule has 0 saturated heterocycles. The zero-order chi connectivity index (χ0) is 6.57. The SMILES string of the molecule is CC(C=O)C(=N)C=S. The van der Waals surface area contributed by atoms with Crippen LogP contribution in [0.5, 0.6) is 0 Å². The molecule has 0 bridgehead atoms. The molecule has 0 aromatic heterocycles. The molecule has 0 amide bonds. The molecule has 0 aromatic carbocycles. The van der Waals surface area contributed by atoms with Crippen LogP contribution in [0.4, 0.5) is 0 Å². The van der Waals surface area contributed by atoms with E-state index in [2.05, 4.69) is 12.2 Å². The second-order valence-electron chi connectivity index (χ2n) is 1.50. The van der Waals surface area contributed by atoms with Crippen LogP contribution in [-0.2, 0) is 4.79 Å². The van der Waals surface area contributed by atoms with Crippen LogP contribution < -0.4 is 0 Å². The standard InChI is InChI=1S/C5H7NOS/c1-4(2-7)5(6)3-8/h2-4,6H,1H3. The highest BCUT2D eigenvalue weighted by molar-refractivity contribution is 7.80. The minimum absolute atomic E-state index is 0.204. The van der Waals surface area contributed by atoms with Crippen LogP contribution in [0.2, 0.25) is 0 Å². The molecule has 0 aliphatic carbocycles. The first kappa shape index (κ1) is 7.43. The number of aldehydes is 1. The van der Waals surface area contributed by atoms with Gasteiger partial charge in [0.2, 0.25) is 0 Å². The summed E-state index contributed by atoms with van der Waals surface area (Å²) in [6.45, 7) is 1.64. The maximum atomic E-state index is 9.90. The van der Waals surface area contributed by atoms with Crippen LogP contribution in [0.3, 0.4) is 0 Å². The molecule has 0 aliphatic heterocycles. The van der Waals surface area contributed by atoms with Crippen LogP contribution in [0, 0.1) is 11.3 Å². The maximum Gasteiger partial charge on any atom is 0.128 e. The minimum atomic E-state index is -0.340. The Morgan fingerprint density at radius 3 is 2.50 bits per heavy atom. The molecular weight excluding hydrogens is 122 g/mol. The average molecular weight is 129 g/mol. The van der Waals surface area contributed by atoms with Gasteiger partial charge in [0.05, 0.1) is 11.6 Å². The summed E-state index contributed by atoms with van der Waals surface area (Å²) in [6, 6.07) is 0. The largest absolute Gasteiger partial charge is 0.304 e. The summed E-state index contributed by atoms with van der Waals surface area (Å²) >= 11 is 4.41. The van der Waals surface area contributed by atoms with E-state index >= 15 is 0 Å². The van der Waals surface area contributed by atoms with Crippen molar-refractivity contribution in [3.8, 4) is 0 Å². The molecule has 1 atom stereocenters. The van der Waals surface area contributed by atoms with Crippen molar-refractivity contribution >= 4 is 29.6 Å². The highest BCUT2D eigenvalue weighted by Crippen LogP contribution is 1.88. The van der Waals surface area contributed by atoms with E-state index in [0.29, 0.717) is 6.29 Å². The van der Waals surface area contributed by atoms with E-state index in [1.807, 2.05) is 0 Å². The molecule has 2 nitrogen and oxygen atoms in total. The molecule has 44 valence electrons. The van der Waals surface area contributed by atoms with Crippen molar-refractivity contribution in [2.24, 2.45) is 5.92 Å². The molecule has 0 saturated carbocycles. The van der Waals surface area contributed by atoms with Gasteiger partial charge in [-0.1, -0.05) is 19.1 Å². The molecule has 3 heteroatoms. The van der Waals surface area contributed by atoms with Crippen molar-refractivity contribution in [1.29, 1.82) is 5.41 Å². The van der Waals surface area contributed by atoms with E-state index in [0.717, 1.165) is 0 Å². The van der Waals surface area contributed by atoms with Gasteiger partial charge in [-0.15, -0.1) is 0 Å². The quantitative estimate of drug-likeness (QED) is 0.348.